The fourth-order valence-corrected chi connectivity index (χ4v) is 1.59. The van der Waals surface area contributed by atoms with Crippen LogP contribution in [-0.4, -0.2) is 30.1 Å². The average molecular weight is 317 g/mol. The second-order valence-corrected chi connectivity index (χ2v) is 4.21. The molecule has 2 aromatic rings. The number of furan rings is 1. The predicted molar refractivity (Wildman–Crippen MR) is 78.2 cm³/mol. The maximum Gasteiger partial charge on any atom is 0.433 e. The number of hydrogen-bond acceptors (Lipinski definition) is 7. The van der Waals surface area contributed by atoms with E-state index in [0.29, 0.717) is 11.1 Å². The minimum Gasteiger partial charge on any atom is -0.465 e. The third-order valence-corrected chi connectivity index (χ3v) is 2.71. The molecule has 0 bridgehead atoms. The van der Waals surface area contributed by atoms with Gasteiger partial charge in [-0.25, -0.2) is 10.2 Å². The summed E-state index contributed by atoms with van der Waals surface area (Å²) in [7, 11) is 1.28. The van der Waals surface area contributed by atoms with E-state index in [9.17, 15) is 19.7 Å². The number of esters is 1. The van der Waals surface area contributed by atoms with Gasteiger partial charge in [0.05, 0.1) is 25.0 Å². The fourth-order valence-electron chi connectivity index (χ4n) is 1.59. The number of nitrogens with one attached hydrogen (secondary N) is 1. The number of amides is 1. The molecule has 0 saturated heterocycles. The average Bonchev–Trinajstić information content (AvgIpc) is 3.05. The summed E-state index contributed by atoms with van der Waals surface area (Å²) in [5.74, 6) is -1.94. The normalized spacial score (nSPS) is 10.5. The molecule has 0 aliphatic carbocycles. The molecule has 2 rings (SSSR count). The largest absolute Gasteiger partial charge is 0.465 e. The van der Waals surface area contributed by atoms with Crippen molar-refractivity contribution >= 4 is 24.0 Å². The molecule has 118 valence electrons. The smallest absolute Gasteiger partial charge is 0.433 e. The Morgan fingerprint density at radius 1 is 1.26 bits per heavy atom. The topological polar surface area (TPSA) is 124 Å². The molecular formula is C14H11N3O6. The maximum atomic E-state index is 11.7. The van der Waals surface area contributed by atoms with Gasteiger partial charge >= 0.3 is 17.8 Å². The molecule has 0 spiro atoms. The third kappa shape index (κ3) is 4.00. The van der Waals surface area contributed by atoms with Crippen molar-refractivity contribution in [3.63, 3.8) is 0 Å². The van der Waals surface area contributed by atoms with Gasteiger partial charge in [-0.2, -0.15) is 5.10 Å². The summed E-state index contributed by atoms with van der Waals surface area (Å²) in [6.45, 7) is 0. The van der Waals surface area contributed by atoms with Gasteiger partial charge in [0.25, 0.3) is 0 Å². The van der Waals surface area contributed by atoms with E-state index in [1.54, 1.807) is 24.3 Å². The van der Waals surface area contributed by atoms with E-state index in [0.717, 1.165) is 6.07 Å². The molecular weight excluding hydrogens is 306 g/mol. The van der Waals surface area contributed by atoms with Gasteiger partial charge in [0.1, 0.15) is 4.92 Å². The number of benzene rings is 1. The van der Waals surface area contributed by atoms with Crippen LogP contribution in [0.5, 0.6) is 0 Å². The maximum absolute atomic E-state index is 11.7. The Kier molecular flexibility index (Phi) is 4.82. The lowest BCUT2D eigenvalue weighted by Gasteiger charge is -1.99. The molecule has 1 N–H and O–H groups in total. The van der Waals surface area contributed by atoms with E-state index >= 15 is 0 Å². The van der Waals surface area contributed by atoms with Gasteiger partial charge in [-0.1, -0.05) is 12.1 Å². The molecule has 23 heavy (non-hydrogen) atoms. The van der Waals surface area contributed by atoms with E-state index in [1.807, 2.05) is 0 Å². The SMILES string of the molecule is COC(=O)c1ccc(C=NNC(=O)c2ccc([N+](=O)[O-])o2)cc1. The van der Waals surface area contributed by atoms with Crippen LogP contribution in [0.4, 0.5) is 5.88 Å². The van der Waals surface area contributed by atoms with Gasteiger partial charge in [-0.15, -0.1) is 0 Å². The molecule has 1 amide bonds. The van der Waals surface area contributed by atoms with Gasteiger partial charge in [-0.3, -0.25) is 14.9 Å². The predicted octanol–water partition coefficient (Wildman–Crippen LogP) is 1.74. The molecule has 0 atom stereocenters. The van der Waals surface area contributed by atoms with Crippen LogP contribution in [0.3, 0.4) is 0 Å². The molecule has 1 heterocycles. The molecule has 0 unspecified atom stereocenters. The van der Waals surface area contributed by atoms with Crippen LogP contribution in [0.15, 0.2) is 45.9 Å². The first-order chi connectivity index (χ1) is 11.0. The zero-order chi connectivity index (χ0) is 16.8. The number of rotatable bonds is 5. The van der Waals surface area contributed by atoms with Crippen molar-refractivity contribution < 1.29 is 23.7 Å². The van der Waals surface area contributed by atoms with Crippen LogP contribution in [0.1, 0.15) is 26.5 Å². The van der Waals surface area contributed by atoms with Crippen molar-refractivity contribution in [3.8, 4) is 0 Å². The lowest BCUT2D eigenvalue weighted by molar-refractivity contribution is -0.402. The first-order valence-corrected chi connectivity index (χ1v) is 6.27. The van der Waals surface area contributed by atoms with Crippen LogP contribution >= 0.6 is 0 Å². The van der Waals surface area contributed by atoms with Crippen LogP contribution in [0, 0.1) is 10.1 Å². The van der Waals surface area contributed by atoms with Crippen molar-refractivity contribution in [2.24, 2.45) is 5.10 Å². The number of nitro groups is 1. The van der Waals surface area contributed by atoms with Gasteiger partial charge in [0.15, 0.2) is 0 Å². The molecule has 0 fully saturated rings. The van der Waals surface area contributed by atoms with Gasteiger partial charge in [0.2, 0.25) is 5.76 Å². The lowest BCUT2D eigenvalue weighted by Crippen LogP contribution is -2.16. The summed E-state index contributed by atoms with van der Waals surface area (Å²) in [4.78, 5) is 32.6. The second-order valence-electron chi connectivity index (χ2n) is 4.21. The number of carbonyl (C=O) groups excluding carboxylic acids is 2. The van der Waals surface area contributed by atoms with Crippen LogP contribution in [0.25, 0.3) is 0 Å². The third-order valence-electron chi connectivity index (χ3n) is 2.71. The fraction of sp³-hybridized carbons (Fsp3) is 0.0714. The summed E-state index contributed by atoms with van der Waals surface area (Å²) in [5.41, 5.74) is 3.18. The summed E-state index contributed by atoms with van der Waals surface area (Å²) < 4.78 is 9.30. The highest BCUT2D eigenvalue weighted by Gasteiger charge is 2.16. The Labute approximate surface area is 129 Å². The van der Waals surface area contributed by atoms with Crippen molar-refractivity contribution in [2.75, 3.05) is 7.11 Å². The molecule has 0 aliphatic heterocycles. The van der Waals surface area contributed by atoms with Crippen LogP contribution in [0.2, 0.25) is 0 Å². The summed E-state index contributed by atoms with van der Waals surface area (Å²) in [6.07, 6.45) is 1.34. The van der Waals surface area contributed by atoms with E-state index in [4.69, 9.17) is 4.42 Å². The molecule has 0 radical (unpaired) electrons. The van der Waals surface area contributed by atoms with E-state index in [1.165, 1.54) is 19.4 Å². The highest BCUT2D eigenvalue weighted by Crippen LogP contribution is 2.15. The van der Waals surface area contributed by atoms with Crippen molar-refractivity contribution in [1.29, 1.82) is 0 Å². The number of hydrogen-bond donors (Lipinski definition) is 1. The quantitative estimate of drug-likeness (QED) is 0.387. The zero-order valence-electron chi connectivity index (χ0n) is 11.9. The highest BCUT2D eigenvalue weighted by atomic mass is 16.6. The Hall–Kier alpha value is -3.49. The number of hydrazone groups is 1. The van der Waals surface area contributed by atoms with E-state index < -0.39 is 22.7 Å². The molecule has 9 heteroatoms. The summed E-state index contributed by atoms with van der Waals surface area (Å²) in [5, 5.41) is 14.1. The monoisotopic (exact) mass is 317 g/mol. The van der Waals surface area contributed by atoms with Crippen LogP contribution in [-0.2, 0) is 4.74 Å². The van der Waals surface area contributed by atoms with E-state index in [-0.39, 0.29) is 5.76 Å². The molecule has 0 saturated carbocycles. The number of ether oxygens (including phenoxy) is 1. The van der Waals surface area contributed by atoms with Gasteiger partial charge < -0.3 is 9.15 Å². The molecule has 9 nitrogen and oxygen atoms in total. The summed E-state index contributed by atoms with van der Waals surface area (Å²) >= 11 is 0. The summed E-state index contributed by atoms with van der Waals surface area (Å²) in [6, 6.07) is 8.56. The number of methoxy groups -OCH3 is 1. The Morgan fingerprint density at radius 2 is 1.96 bits per heavy atom. The van der Waals surface area contributed by atoms with Crippen molar-refractivity contribution in [1.82, 2.24) is 5.43 Å². The van der Waals surface area contributed by atoms with Crippen LogP contribution < -0.4 is 5.43 Å². The van der Waals surface area contributed by atoms with E-state index in [2.05, 4.69) is 15.3 Å². The first-order valence-electron chi connectivity index (χ1n) is 6.27. The van der Waals surface area contributed by atoms with Gasteiger partial charge in [-0.05, 0) is 23.8 Å². The zero-order valence-corrected chi connectivity index (χ0v) is 11.9. The van der Waals surface area contributed by atoms with Crippen molar-refractivity contribution in [2.45, 2.75) is 0 Å². The Morgan fingerprint density at radius 3 is 2.52 bits per heavy atom. The second kappa shape index (κ2) is 6.98. The first kappa shape index (κ1) is 15.9. The number of carbonyl (C=O) groups is 2. The molecule has 1 aromatic heterocycles. The molecule has 0 aliphatic rings. The Balaban J connectivity index is 1.96. The highest BCUT2D eigenvalue weighted by molar-refractivity contribution is 5.93. The number of nitrogens with zero attached hydrogens (tertiary/aromatic N) is 2. The lowest BCUT2D eigenvalue weighted by atomic mass is 10.1. The minimum absolute atomic E-state index is 0.227. The standard InChI is InChI=1S/C14H11N3O6/c1-22-14(19)10-4-2-9(3-5-10)8-15-16-13(18)11-6-7-12(23-11)17(20)21/h2-8H,1H3,(H,16,18). The molecule has 1 aromatic carbocycles. The Bertz CT molecular complexity index is 763. The van der Waals surface area contributed by atoms with Gasteiger partial charge in [0, 0.05) is 0 Å². The minimum atomic E-state index is -0.747. The van der Waals surface area contributed by atoms with Crippen molar-refractivity contribution in [3.05, 3.63) is 63.4 Å².